The third-order valence-corrected chi connectivity index (χ3v) is 7.93. The summed E-state index contributed by atoms with van der Waals surface area (Å²) in [6, 6.07) is 2.18. The van der Waals surface area contributed by atoms with Crippen LogP contribution in [-0.2, 0) is 24.2 Å². The van der Waals surface area contributed by atoms with Crippen LogP contribution in [0.1, 0.15) is 44.6 Å². The third-order valence-electron chi connectivity index (χ3n) is 5.81. The van der Waals surface area contributed by atoms with E-state index in [1.165, 1.54) is 16.6 Å². The Labute approximate surface area is 185 Å². The summed E-state index contributed by atoms with van der Waals surface area (Å²) in [6.07, 6.45) is 4.66. The van der Waals surface area contributed by atoms with E-state index in [1.54, 1.807) is 28.9 Å². The molecule has 0 aromatic carbocycles. The molecular weight excluding hydrogens is 416 g/mol. The zero-order chi connectivity index (χ0) is 22.1. The number of nitrogens with zero attached hydrogens (tertiary/aromatic N) is 3. The molecule has 8 heteroatoms. The Morgan fingerprint density at radius 2 is 2.30 bits per heavy atom. The number of fused-ring (bicyclic) bond motifs is 3. The van der Waals surface area contributed by atoms with Gasteiger partial charge in [0.2, 0.25) is 5.91 Å². The second kappa shape index (κ2) is 8.94. The number of nitriles is 1. The first-order valence-corrected chi connectivity index (χ1v) is 12.0. The highest BCUT2D eigenvalue weighted by atomic mass is 32.2. The van der Waals surface area contributed by atoms with Gasteiger partial charge in [-0.1, -0.05) is 38.6 Å². The average Bonchev–Trinajstić information content (AvgIpc) is 3.05. The van der Waals surface area contributed by atoms with E-state index < -0.39 is 5.54 Å². The summed E-state index contributed by atoms with van der Waals surface area (Å²) in [5.74, 6) is 0.427. The van der Waals surface area contributed by atoms with E-state index in [1.807, 2.05) is 13.8 Å². The van der Waals surface area contributed by atoms with E-state index >= 15 is 0 Å². The molecule has 6 nitrogen and oxygen atoms in total. The van der Waals surface area contributed by atoms with Crippen LogP contribution in [0.15, 0.2) is 22.6 Å². The standard InChI is InChI=1S/C22H28N4O2S2/c1-6-9-26-20(28)18-15-8-7-14(4)10-16(15)30-19(18)24-21(26)29-11-17(27)25-22(5,12-23)13(2)3/h6,13-14H,1,7-11H2,2-5H3,(H,25,27). The summed E-state index contributed by atoms with van der Waals surface area (Å²) in [5.41, 5.74) is 0.164. The normalized spacial score (nSPS) is 17.9. The monoisotopic (exact) mass is 444 g/mol. The number of thiophene rings is 1. The summed E-state index contributed by atoms with van der Waals surface area (Å²) in [6.45, 7) is 11.9. The van der Waals surface area contributed by atoms with Crippen molar-refractivity contribution in [2.24, 2.45) is 11.8 Å². The molecule has 0 saturated heterocycles. The van der Waals surface area contributed by atoms with Gasteiger partial charge in [-0.05, 0) is 43.6 Å². The minimum Gasteiger partial charge on any atom is -0.337 e. The van der Waals surface area contributed by atoms with Crippen LogP contribution in [0, 0.1) is 23.2 Å². The Balaban J connectivity index is 1.91. The van der Waals surface area contributed by atoms with Gasteiger partial charge in [-0.15, -0.1) is 17.9 Å². The number of amides is 1. The number of rotatable bonds is 7. The van der Waals surface area contributed by atoms with Crippen molar-refractivity contribution in [1.82, 2.24) is 14.9 Å². The van der Waals surface area contributed by atoms with Crippen molar-refractivity contribution in [3.63, 3.8) is 0 Å². The van der Waals surface area contributed by atoms with Gasteiger partial charge in [-0.3, -0.25) is 14.2 Å². The molecule has 2 atom stereocenters. The van der Waals surface area contributed by atoms with Crippen molar-refractivity contribution in [3.8, 4) is 6.07 Å². The lowest BCUT2D eigenvalue weighted by Crippen LogP contribution is -2.49. The zero-order valence-corrected chi connectivity index (χ0v) is 19.6. The second-order valence-electron chi connectivity index (χ2n) is 8.44. The quantitative estimate of drug-likeness (QED) is 0.397. The van der Waals surface area contributed by atoms with E-state index in [2.05, 4.69) is 24.9 Å². The molecular formula is C22H28N4O2S2. The topological polar surface area (TPSA) is 87.8 Å². The molecule has 30 heavy (non-hydrogen) atoms. The summed E-state index contributed by atoms with van der Waals surface area (Å²) < 4.78 is 1.60. The predicted molar refractivity (Wildman–Crippen MR) is 123 cm³/mol. The Kier molecular flexibility index (Phi) is 6.73. The minimum absolute atomic E-state index is 0.0234. The molecule has 0 bridgehead atoms. The number of allylic oxidation sites excluding steroid dienone is 1. The van der Waals surface area contributed by atoms with Crippen LogP contribution < -0.4 is 10.9 Å². The van der Waals surface area contributed by atoms with Crippen molar-refractivity contribution >= 4 is 39.2 Å². The van der Waals surface area contributed by atoms with Crippen LogP contribution in [0.25, 0.3) is 10.2 Å². The molecule has 1 N–H and O–H groups in total. The summed E-state index contributed by atoms with van der Waals surface area (Å²) >= 11 is 2.83. The molecule has 2 aromatic heterocycles. The van der Waals surface area contributed by atoms with Gasteiger partial charge in [0, 0.05) is 11.4 Å². The molecule has 3 rings (SSSR count). The Bertz CT molecular complexity index is 1080. The molecule has 2 heterocycles. The summed E-state index contributed by atoms with van der Waals surface area (Å²) in [4.78, 5) is 32.6. The van der Waals surface area contributed by atoms with E-state index in [9.17, 15) is 14.9 Å². The van der Waals surface area contributed by atoms with Crippen LogP contribution in [-0.4, -0.2) is 26.8 Å². The van der Waals surface area contributed by atoms with Crippen LogP contribution >= 0.6 is 23.1 Å². The molecule has 0 spiro atoms. The maximum atomic E-state index is 13.3. The first-order chi connectivity index (χ1) is 14.2. The number of hydrogen-bond acceptors (Lipinski definition) is 6. The molecule has 0 radical (unpaired) electrons. The number of thioether (sulfide) groups is 1. The van der Waals surface area contributed by atoms with Gasteiger partial charge >= 0.3 is 0 Å². The van der Waals surface area contributed by atoms with E-state index in [0.717, 1.165) is 35.0 Å². The fourth-order valence-corrected chi connectivity index (χ4v) is 5.79. The fourth-order valence-electron chi connectivity index (χ4n) is 3.56. The summed E-state index contributed by atoms with van der Waals surface area (Å²) in [7, 11) is 0. The molecule has 1 aliphatic carbocycles. The van der Waals surface area contributed by atoms with Crippen LogP contribution in [0.3, 0.4) is 0 Å². The first kappa shape index (κ1) is 22.6. The highest BCUT2D eigenvalue weighted by Crippen LogP contribution is 2.36. The minimum atomic E-state index is -0.931. The van der Waals surface area contributed by atoms with Gasteiger partial charge in [0.05, 0.1) is 17.2 Å². The molecule has 0 fully saturated rings. The molecule has 1 aliphatic rings. The number of carbonyl (C=O) groups excluding carboxylic acids is 1. The molecule has 160 valence electrons. The Hall–Kier alpha value is -2.11. The van der Waals surface area contributed by atoms with Crippen LogP contribution in [0.4, 0.5) is 0 Å². The molecule has 0 saturated carbocycles. The second-order valence-corrected chi connectivity index (χ2v) is 10.5. The van der Waals surface area contributed by atoms with Crippen LogP contribution in [0.5, 0.6) is 0 Å². The van der Waals surface area contributed by atoms with Crippen molar-refractivity contribution in [1.29, 1.82) is 5.26 Å². The van der Waals surface area contributed by atoms with Gasteiger partial charge in [-0.25, -0.2) is 4.98 Å². The summed E-state index contributed by atoms with van der Waals surface area (Å²) in [5, 5.41) is 13.5. The number of hydrogen-bond donors (Lipinski definition) is 1. The lowest BCUT2D eigenvalue weighted by Gasteiger charge is -2.27. The maximum absolute atomic E-state index is 13.3. The smallest absolute Gasteiger partial charge is 0.263 e. The Morgan fingerprint density at radius 1 is 1.57 bits per heavy atom. The first-order valence-electron chi connectivity index (χ1n) is 10.2. The van der Waals surface area contributed by atoms with Gasteiger partial charge < -0.3 is 5.32 Å². The van der Waals surface area contributed by atoms with Crippen molar-refractivity contribution in [2.45, 2.75) is 64.2 Å². The van der Waals surface area contributed by atoms with Gasteiger partial charge in [0.1, 0.15) is 10.4 Å². The number of aryl methyl sites for hydroxylation is 1. The number of carbonyl (C=O) groups is 1. The van der Waals surface area contributed by atoms with E-state index in [-0.39, 0.29) is 23.1 Å². The van der Waals surface area contributed by atoms with Gasteiger partial charge in [0.25, 0.3) is 5.56 Å². The van der Waals surface area contributed by atoms with E-state index in [0.29, 0.717) is 17.6 Å². The Morgan fingerprint density at radius 3 is 2.93 bits per heavy atom. The van der Waals surface area contributed by atoms with Gasteiger partial charge in [0.15, 0.2) is 5.16 Å². The van der Waals surface area contributed by atoms with E-state index in [4.69, 9.17) is 4.98 Å². The highest BCUT2D eigenvalue weighted by molar-refractivity contribution is 7.99. The molecule has 1 amide bonds. The van der Waals surface area contributed by atoms with Crippen molar-refractivity contribution < 1.29 is 4.79 Å². The third kappa shape index (κ3) is 4.33. The molecule has 2 aromatic rings. The van der Waals surface area contributed by atoms with Crippen LogP contribution in [0.2, 0.25) is 0 Å². The van der Waals surface area contributed by atoms with Crippen molar-refractivity contribution in [2.75, 3.05) is 5.75 Å². The predicted octanol–water partition coefficient (Wildman–Crippen LogP) is 3.92. The molecule has 2 unspecified atom stereocenters. The van der Waals surface area contributed by atoms with Crippen molar-refractivity contribution in [3.05, 3.63) is 33.4 Å². The largest absolute Gasteiger partial charge is 0.337 e. The molecule has 0 aliphatic heterocycles. The number of aromatic nitrogens is 2. The SMILES string of the molecule is C=CCn1c(SCC(=O)NC(C)(C#N)C(C)C)nc2sc3c(c2c1=O)CCC(C)C3. The van der Waals surface area contributed by atoms with Gasteiger partial charge in [-0.2, -0.15) is 5.26 Å². The average molecular weight is 445 g/mol. The zero-order valence-electron chi connectivity index (χ0n) is 17.9. The lowest BCUT2D eigenvalue weighted by atomic mass is 9.89. The maximum Gasteiger partial charge on any atom is 0.263 e. The fraction of sp³-hybridized carbons (Fsp3) is 0.545. The highest BCUT2D eigenvalue weighted by Gasteiger charge is 2.30. The lowest BCUT2D eigenvalue weighted by molar-refractivity contribution is -0.120. The number of nitrogens with one attached hydrogen (secondary N) is 1.